The maximum Gasteiger partial charge on any atom is 0.472 e. The van der Waals surface area contributed by atoms with E-state index >= 15 is 0 Å². The lowest BCUT2D eigenvalue weighted by molar-refractivity contribution is -0.161. The summed E-state index contributed by atoms with van der Waals surface area (Å²) in [5.41, 5.74) is 0. The summed E-state index contributed by atoms with van der Waals surface area (Å²) in [5, 5.41) is 10.6. The van der Waals surface area contributed by atoms with Crippen molar-refractivity contribution in [3.05, 3.63) is 0 Å². The maximum atomic E-state index is 13.1. The first-order valence-electron chi connectivity index (χ1n) is 39.4. The summed E-state index contributed by atoms with van der Waals surface area (Å²) in [4.78, 5) is 72.7. The Morgan fingerprint density at radius 2 is 0.537 bits per heavy atom. The highest BCUT2D eigenvalue weighted by Gasteiger charge is 2.30. The van der Waals surface area contributed by atoms with Gasteiger partial charge in [0.25, 0.3) is 0 Å². The molecule has 0 saturated carbocycles. The number of unbranched alkanes of at least 4 members (excludes halogenated alkanes) is 41. The van der Waals surface area contributed by atoms with Crippen LogP contribution in [0, 0.1) is 17.8 Å². The summed E-state index contributed by atoms with van der Waals surface area (Å²) in [7, 11) is -9.91. The number of rotatable bonds is 74. The summed E-state index contributed by atoms with van der Waals surface area (Å²) in [6.45, 7) is 11.9. The predicted molar refractivity (Wildman–Crippen MR) is 386 cm³/mol. The summed E-state index contributed by atoms with van der Waals surface area (Å²) < 4.78 is 68.5. The fourth-order valence-corrected chi connectivity index (χ4v) is 13.1. The van der Waals surface area contributed by atoms with Crippen LogP contribution in [0.1, 0.15) is 389 Å². The number of carbonyl (C=O) groups is 4. The Morgan fingerprint density at radius 1 is 0.305 bits per heavy atom. The molecule has 0 aromatic heterocycles. The number of phosphoric ester groups is 2. The molecule has 0 heterocycles. The third kappa shape index (κ3) is 69.0. The average Bonchev–Trinajstić information content (AvgIpc) is 1.78. The van der Waals surface area contributed by atoms with Crippen LogP contribution in [0.25, 0.3) is 0 Å². The Morgan fingerprint density at radius 3 is 0.800 bits per heavy atom. The van der Waals surface area contributed by atoms with Gasteiger partial charge in [-0.2, -0.15) is 0 Å². The van der Waals surface area contributed by atoms with Gasteiger partial charge in [-0.1, -0.05) is 337 Å². The molecule has 564 valence electrons. The van der Waals surface area contributed by atoms with Gasteiger partial charge in [0.1, 0.15) is 19.3 Å². The second-order valence-corrected chi connectivity index (χ2v) is 31.5. The van der Waals surface area contributed by atoms with Crippen molar-refractivity contribution < 1.29 is 80.2 Å². The lowest BCUT2D eigenvalue weighted by Crippen LogP contribution is -2.30. The van der Waals surface area contributed by atoms with Gasteiger partial charge in [-0.3, -0.25) is 37.3 Å². The van der Waals surface area contributed by atoms with Crippen molar-refractivity contribution in [2.24, 2.45) is 17.8 Å². The molecule has 0 radical (unpaired) electrons. The smallest absolute Gasteiger partial charge is 0.462 e. The van der Waals surface area contributed by atoms with E-state index in [1.807, 2.05) is 0 Å². The highest BCUT2D eigenvalue weighted by Crippen LogP contribution is 2.45. The Balaban J connectivity index is 5.20. The molecule has 95 heavy (non-hydrogen) atoms. The number of hydrogen-bond acceptors (Lipinski definition) is 15. The first-order valence-corrected chi connectivity index (χ1v) is 42.4. The van der Waals surface area contributed by atoms with E-state index in [0.717, 1.165) is 114 Å². The molecule has 6 atom stereocenters. The number of hydrogen-bond donors (Lipinski definition) is 3. The third-order valence-electron chi connectivity index (χ3n) is 18.0. The number of esters is 4. The van der Waals surface area contributed by atoms with E-state index < -0.39 is 97.5 Å². The van der Waals surface area contributed by atoms with E-state index in [1.54, 1.807) is 0 Å². The topological polar surface area (TPSA) is 237 Å². The molecule has 0 saturated heterocycles. The van der Waals surface area contributed by atoms with Crippen molar-refractivity contribution in [3.8, 4) is 0 Å². The van der Waals surface area contributed by atoms with Gasteiger partial charge in [0.15, 0.2) is 12.2 Å². The SMILES string of the molecule is CCCCCCCCCCCCCC(=O)O[C@H](COC(=O)CCCCCCCCC(C)CC)COP(=O)(O)OC[C@H](O)COP(=O)(O)OC[C@@H](COC(=O)CCCCCCCCCCCCC(C)C)OC(=O)CCCCCCCCCCCCCCCCCCCCC(C)C. The molecule has 0 aliphatic carbocycles. The lowest BCUT2D eigenvalue weighted by atomic mass is 10.00. The fourth-order valence-electron chi connectivity index (χ4n) is 11.6. The molecule has 3 N–H and O–H groups in total. The standard InChI is InChI=1S/C76H148O17P2/c1-8-10-11-12-13-14-23-31-36-45-52-59-75(80)93-72(64-87-74(79)58-51-44-39-38-42-49-56-69(7)9-2)66-91-95(84,85)89-62-70(77)61-88-94(82,83)90-65-71(63-86-73(78)57-50-43-35-30-27-26-29-34-41-48-55-68(5)6)92-76(81)60-53-46-37-32-25-22-20-18-16-15-17-19-21-24-28-33-40-47-54-67(3)4/h67-72,77H,8-66H2,1-7H3,(H,82,83)(H,84,85)/t69?,70-,71-,72-/m1/s1. The predicted octanol–water partition coefficient (Wildman–Crippen LogP) is 22.2. The van der Waals surface area contributed by atoms with Gasteiger partial charge in [0.2, 0.25) is 0 Å². The van der Waals surface area contributed by atoms with Gasteiger partial charge in [-0.15, -0.1) is 0 Å². The van der Waals surface area contributed by atoms with E-state index in [1.165, 1.54) is 193 Å². The van der Waals surface area contributed by atoms with Crippen molar-refractivity contribution in [1.29, 1.82) is 0 Å². The highest BCUT2D eigenvalue weighted by molar-refractivity contribution is 7.47. The fraction of sp³-hybridized carbons (Fsp3) is 0.947. The first-order chi connectivity index (χ1) is 45.8. The molecular formula is C76H148O17P2. The zero-order valence-corrected chi connectivity index (χ0v) is 63.9. The van der Waals surface area contributed by atoms with Crippen molar-refractivity contribution in [1.82, 2.24) is 0 Å². The van der Waals surface area contributed by atoms with Crippen molar-refractivity contribution >= 4 is 39.5 Å². The molecule has 0 spiro atoms. The molecule has 0 aliphatic heterocycles. The number of carbonyl (C=O) groups excluding carboxylic acids is 4. The molecule has 19 heteroatoms. The van der Waals surface area contributed by atoms with E-state index in [9.17, 15) is 43.2 Å². The van der Waals surface area contributed by atoms with Crippen LogP contribution in [0.15, 0.2) is 0 Å². The van der Waals surface area contributed by atoms with E-state index in [4.69, 9.17) is 37.0 Å². The number of aliphatic hydroxyl groups excluding tert-OH is 1. The Kier molecular flexibility index (Phi) is 65.2. The summed E-state index contributed by atoms with van der Waals surface area (Å²) >= 11 is 0. The minimum atomic E-state index is -4.96. The molecule has 0 aromatic rings. The molecule has 0 aromatic carbocycles. The normalized spacial score (nSPS) is 14.4. The van der Waals surface area contributed by atoms with Gasteiger partial charge < -0.3 is 33.8 Å². The summed E-state index contributed by atoms with van der Waals surface area (Å²) in [5.74, 6) is 0.191. The quantitative estimate of drug-likeness (QED) is 0.0222. The lowest BCUT2D eigenvalue weighted by Gasteiger charge is -2.21. The molecule has 0 fully saturated rings. The van der Waals surface area contributed by atoms with Gasteiger partial charge in [-0.05, 0) is 43.4 Å². The first kappa shape index (κ1) is 93.1. The van der Waals surface area contributed by atoms with Crippen LogP contribution < -0.4 is 0 Å². The van der Waals surface area contributed by atoms with Crippen molar-refractivity contribution in [2.45, 2.75) is 407 Å². The molecule has 17 nitrogen and oxygen atoms in total. The number of phosphoric acid groups is 2. The van der Waals surface area contributed by atoms with Crippen molar-refractivity contribution in [3.63, 3.8) is 0 Å². The number of aliphatic hydroxyl groups is 1. The minimum Gasteiger partial charge on any atom is -0.462 e. The maximum absolute atomic E-state index is 13.1. The van der Waals surface area contributed by atoms with Gasteiger partial charge in [0.05, 0.1) is 26.4 Å². The van der Waals surface area contributed by atoms with Crippen LogP contribution >= 0.6 is 15.6 Å². The Bertz CT molecular complexity index is 1850. The second kappa shape index (κ2) is 66.6. The van der Waals surface area contributed by atoms with Crippen LogP contribution in [-0.4, -0.2) is 96.7 Å². The monoisotopic (exact) mass is 1400 g/mol. The van der Waals surface area contributed by atoms with Crippen molar-refractivity contribution in [2.75, 3.05) is 39.6 Å². The third-order valence-corrected chi connectivity index (χ3v) is 19.9. The Hall–Kier alpha value is -1.94. The van der Waals surface area contributed by atoms with Crippen LogP contribution in [0.4, 0.5) is 0 Å². The van der Waals surface area contributed by atoms with Crippen LogP contribution in [0.3, 0.4) is 0 Å². The molecule has 0 aliphatic rings. The highest BCUT2D eigenvalue weighted by atomic mass is 31.2. The number of ether oxygens (including phenoxy) is 4. The molecule has 0 amide bonds. The van der Waals surface area contributed by atoms with E-state index in [-0.39, 0.29) is 25.7 Å². The summed E-state index contributed by atoms with van der Waals surface area (Å²) in [6.07, 6.45) is 52.8. The van der Waals surface area contributed by atoms with Gasteiger partial charge >= 0.3 is 39.5 Å². The van der Waals surface area contributed by atoms with Crippen LogP contribution in [-0.2, 0) is 65.4 Å². The minimum absolute atomic E-state index is 0.106. The zero-order chi connectivity index (χ0) is 70.1. The van der Waals surface area contributed by atoms with Gasteiger partial charge in [0, 0.05) is 25.7 Å². The zero-order valence-electron chi connectivity index (χ0n) is 62.1. The summed E-state index contributed by atoms with van der Waals surface area (Å²) in [6, 6.07) is 0. The molecule has 3 unspecified atom stereocenters. The largest absolute Gasteiger partial charge is 0.472 e. The van der Waals surface area contributed by atoms with E-state index in [0.29, 0.717) is 25.7 Å². The van der Waals surface area contributed by atoms with Gasteiger partial charge in [-0.25, -0.2) is 9.13 Å². The molecule has 0 bridgehead atoms. The second-order valence-electron chi connectivity index (χ2n) is 28.6. The van der Waals surface area contributed by atoms with Crippen LogP contribution in [0.5, 0.6) is 0 Å². The van der Waals surface area contributed by atoms with Crippen LogP contribution in [0.2, 0.25) is 0 Å². The molecule has 0 rings (SSSR count). The average molecular weight is 1400 g/mol. The Labute approximate surface area is 581 Å². The van der Waals surface area contributed by atoms with E-state index in [2.05, 4.69) is 48.5 Å². The molecular weight excluding hydrogens is 1250 g/mol.